The lowest BCUT2D eigenvalue weighted by molar-refractivity contribution is -0.134. The van der Waals surface area contributed by atoms with E-state index < -0.39 is 46.2 Å². The Morgan fingerprint density at radius 2 is 1.67 bits per heavy atom. The Hall–Kier alpha value is -4.92. The maximum Gasteiger partial charge on any atom is 0.320 e. The minimum atomic E-state index is -4.53. The average Bonchev–Trinajstić information content (AvgIpc) is 2.90. The number of amidine groups is 2. The maximum absolute atomic E-state index is 13.2. The van der Waals surface area contributed by atoms with Crippen LogP contribution in [0.2, 0.25) is 0 Å². The number of rotatable bonds is 12. The summed E-state index contributed by atoms with van der Waals surface area (Å²) in [6, 6.07) is 8.81. The van der Waals surface area contributed by atoms with E-state index in [9.17, 15) is 27.9 Å². The Labute approximate surface area is 242 Å². The molecule has 0 bridgehead atoms. The number of aliphatic carboxylic acids is 1. The van der Waals surface area contributed by atoms with Gasteiger partial charge in [-0.3, -0.25) is 29.5 Å². The van der Waals surface area contributed by atoms with E-state index in [2.05, 4.69) is 0 Å². The molecule has 0 spiro atoms. The van der Waals surface area contributed by atoms with Gasteiger partial charge in [-0.25, -0.2) is 8.42 Å². The average molecular weight is 600 g/mol. The summed E-state index contributed by atoms with van der Waals surface area (Å²) < 4.78 is 33.1. The summed E-state index contributed by atoms with van der Waals surface area (Å²) in [6.07, 6.45) is 3.48. The summed E-state index contributed by atoms with van der Waals surface area (Å²) in [4.78, 5) is 38.3. The number of carbonyl (C=O) groups excluding carboxylic acids is 2. The molecule has 2 aromatic rings. The highest BCUT2D eigenvalue weighted by molar-refractivity contribution is 7.93. The first-order valence-corrected chi connectivity index (χ1v) is 14.4. The van der Waals surface area contributed by atoms with Gasteiger partial charge in [0.05, 0.1) is 29.2 Å². The number of hydrogen-bond acceptors (Lipinski definition) is 8. The van der Waals surface area contributed by atoms with Crippen LogP contribution in [0.25, 0.3) is 6.08 Å². The van der Waals surface area contributed by atoms with Crippen molar-refractivity contribution in [2.24, 2.45) is 17.2 Å². The number of piperidine rings is 1. The van der Waals surface area contributed by atoms with E-state index in [1.807, 2.05) is 4.90 Å². The van der Waals surface area contributed by atoms with Crippen molar-refractivity contribution in [3.05, 3.63) is 64.7 Å². The number of likely N-dealkylation sites (tertiary alicyclic amines) is 1. The standard InChI is InChI=1S/C27H33N7O7S/c1-16(28)33-10-7-20(8-11-33)41-24-21(26(31)37)13-19(14-22(24)27(32)38)34(42(39,40)15-23(35)36)9-3-5-17-4-2-6-18(12-17)25(29)30/h2-6,12-14,20,28H,7-11,15H2,1H3,(H3,29,30)(H2,31,37)(H2,32,38)(H,35,36)/b5-3+,28-16?. The molecule has 0 saturated carbocycles. The van der Waals surface area contributed by atoms with Crippen LogP contribution in [0.1, 0.15) is 51.6 Å². The zero-order valence-electron chi connectivity index (χ0n) is 22.9. The Morgan fingerprint density at radius 1 is 1.07 bits per heavy atom. The van der Waals surface area contributed by atoms with Crippen molar-refractivity contribution in [2.45, 2.75) is 25.9 Å². The van der Waals surface area contributed by atoms with E-state index in [1.165, 1.54) is 6.08 Å². The van der Waals surface area contributed by atoms with Gasteiger partial charge in [0.25, 0.3) is 11.8 Å². The molecule has 0 atom stereocenters. The molecule has 1 heterocycles. The summed E-state index contributed by atoms with van der Waals surface area (Å²) in [5.74, 6) is -4.89. The fourth-order valence-corrected chi connectivity index (χ4v) is 5.64. The Kier molecular flexibility index (Phi) is 9.90. The molecule has 1 fully saturated rings. The van der Waals surface area contributed by atoms with E-state index in [0.29, 0.717) is 42.9 Å². The monoisotopic (exact) mass is 599 g/mol. The highest BCUT2D eigenvalue weighted by Crippen LogP contribution is 2.33. The quantitative estimate of drug-likeness (QED) is 0.150. The Bertz CT molecular complexity index is 1510. The number of anilines is 1. The van der Waals surface area contributed by atoms with Crippen molar-refractivity contribution in [3.8, 4) is 5.75 Å². The lowest BCUT2D eigenvalue weighted by atomic mass is 10.0. The van der Waals surface area contributed by atoms with Crippen LogP contribution in [-0.4, -0.2) is 79.4 Å². The molecule has 42 heavy (non-hydrogen) atoms. The topological polar surface area (TPSA) is 247 Å². The third-order valence-corrected chi connectivity index (χ3v) is 8.16. The molecule has 1 aliphatic rings. The number of nitrogen functional groups attached to an aromatic ring is 1. The molecule has 224 valence electrons. The van der Waals surface area contributed by atoms with Gasteiger partial charge in [0.15, 0.2) is 5.75 Å². The number of primary amides is 2. The second-order valence-corrected chi connectivity index (χ2v) is 11.5. The van der Waals surface area contributed by atoms with Crippen LogP contribution < -0.4 is 26.2 Å². The number of amides is 2. The van der Waals surface area contributed by atoms with Crippen molar-refractivity contribution in [1.82, 2.24) is 4.90 Å². The zero-order valence-corrected chi connectivity index (χ0v) is 23.7. The van der Waals surface area contributed by atoms with Gasteiger partial charge in [-0.1, -0.05) is 30.4 Å². The summed E-state index contributed by atoms with van der Waals surface area (Å²) in [5.41, 5.74) is 16.9. The molecular weight excluding hydrogens is 566 g/mol. The van der Waals surface area contributed by atoms with Gasteiger partial charge in [-0.15, -0.1) is 0 Å². The van der Waals surface area contributed by atoms with E-state index in [4.69, 9.17) is 32.8 Å². The lowest BCUT2D eigenvalue weighted by Gasteiger charge is -2.33. The number of carboxylic acids is 1. The number of benzene rings is 2. The zero-order chi connectivity index (χ0) is 31.2. The van der Waals surface area contributed by atoms with E-state index >= 15 is 0 Å². The van der Waals surface area contributed by atoms with Crippen molar-refractivity contribution >= 4 is 51.2 Å². The molecular formula is C27H33N7O7S. The second-order valence-electron chi connectivity index (χ2n) is 9.61. The number of nitrogens with two attached hydrogens (primary N) is 3. The molecule has 2 amide bonds. The molecule has 0 unspecified atom stereocenters. The van der Waals surface area contributed by atoms with Crippen LogP contribution in [0.15, 0.2) is 42.5 Å². The predicted octanol–water partition coefficient (Wildman–Crippen LogP) is 0.943. The van der Waals surface area contributed by atoms with Crippen LogP contribution in [-0.2, 0) is 14.8 Å². The number of sulfonamides is 1. The van der Waals surface area contributed by atoms with Crippen molar-refractivity contribution < 1.29 is 32.6 Å². The van der Waals surface area contributed by atoms with E-state index in [0.717, 1.165) is 16.4 Å². The SMILES string of the molecule is CC(=N)N1CCC(Oc2c(C(N)=O)cc(N(C/C=C/c3cccc(C(=N)N)c3)S(=O)(=O)CC(=O)O)cc2C(N)=O)CC1. The van der Waals surface area contributed by atoms with Gasteiger partial charge in [-0.2, -0.15) is 0 Å². The molecule has 14 nitrogen and oxygen atoms in total. The van der Waals surface area contributed by atoms with Crippen molar-refractivity contribution in [3.63, 3.8) is 0 Å². The number of nitrogens with zero attached hydrogens (tertiary/aromatic N) is 2. The second kappa shape index (κ2) is 13.2. The summed E-state index contributed by atoms with van der Waals surface area (Å²) >= 11 is 0. The first-order valence-electron chi connectivity index (χ1n) is 12.8. The third-order valence-electron chi connectivity index (χ3n) is 6.51. The first-order chi connectivity index (χ1) is 19.7. The molecule has 1 aliphatic heterocycles. The maximum atomic E-state index is 13.2. The first kappa shape index (κ1) is 31.6. The largest absolute Gasteiger partial charge is 0.489 e. The fraction of sp³-hybridized carbons (Fsp3) is 0.296. The third kappa shape index (κ3) is 7.84. The number of carbonyl (C=O) groups is 3. The van der Waals surface area contributed by atoms with Crippen LogP contribution in [0.4, 0.5) is 5.69 Å². The number of carboxylic acid groups (broad SMARTS) is 1. The lowest BCUT2D eigenvalue weighted by Crippen LogP contribution is -2.41. The highest BCUT2D eigenvalue weighted by Gasteiger charge is 2.30. The van der Waals surface area contributed by atoms with E-state index in [-0.39, 0.29) is 28.4 Å². The minimum Gasteiger partial charge on any atom is -0.489 e. The molecule has 0 aliphatic carbocycles. The van der Waals surface area contributed by atoms with Gasteiger partial charge >= 0.3 is 5.97 Å². The Balaban J connectivity index is 2.05. The summed E-state index contributed by atoms with van der Waals surface area (Å²) in [5, 5.41) is 24.6. The number of ether oxygens (including phenoxy) is 1. The molecule has 3 rings (SSSR count). The molecule has 15 heteroatoms. The summed E-state index contributed by atoms with van der Waals surface area (Å²) in [7, 11) is -4.53. The molecule has 2 aromatic carbocycles. The molecule has 9 N–H and O–H groups in total. The van der Waals surface area contributed by atoms with Gasteiger partial charge in [-0.05, 0) is 30.7 Å². The number of hydrogen-bond donors (Lipinski definition) is 6. The van der Waals surface area contributed by atoms with Crippen LogP contribution >= 0.6 is 0 Å². The Morgan fingerprint density at radius 3 is 2.17 bits per heavy atom. The highest BCUT2D eigenvalue weighted by atomic mass is 32.2. The van der Waals surface area contributed by atoms with Crippen LogP contribution in [0.3, 0.4) is 0 Å². The van der Waals surface area contributed by atoms with Gasteiger partial charge in [0, 0.05) is 31.5 Å². The summed E-state index contributed by atoms with van der Waals surface area (Å²) in [6.45, 7) is 2.30. The molecule has 0 radical (unpaired) electrons. The van der Waals surface area contributed by atoms with Gasteiger partial charge in [0.2, 0.25) is 10.0 Å². The van der Waals surface area contributed by atoms with Gasteiger partial charge in [0.1, 0.15) is 17.7 Å². The van der Waals surface area contributed by atoms with E-state index in [1.54, 1.807) is 37.3 Å². The minimum absolute atomic E-state index is 0.161. The van der Waals surface area contributed by atoms with Crippen molar-refractivity contribution in [2.75, 3.05) is 29.7 Å². The van der Waals surface area contributed by atoms with Crippen LogP contribution in [0, 0.1) is 10.8 Å². The predicted molar refractivity (Wildman–Crippen MR) is 157 cm³/mol. The molecule has 0 aromatic heterocycles. The van der Waals surface area contributed by atoms with Crippen molar-refractivity contribution in [1.29, 1.82) is 10.8 Å². The number of nitrogens with one attached hydrogen (secondary N) is 2. The van der Waals surface area contributed by atoms with Crippen LogP contribution in [0.5, 0.6) is 5.75 Å². The normalized spacial score (nSPS) is 14.0. The fourth-order valence-electron chi connectivity index (χ4n) is 4.43. The van der Waals surface area contributed by atoms with Gasteiger partial charge < -0.3 is 31.9 Å². The molecule has 1 saturated heterocycles. The smallest absolute Gasteiger partial charge is 0.320 e.